The number of rotatable bonds is 2. The monoisotopic (exact) mass is 314 g/mol. The fourth-order valence-corrected chi connectivity index (χ4v) is 3.99. The van der Waals surface area contributed by atoms with Gasteiger partial charge in [0.15, 0.2) is 0 Å². The van der Waals surface area contributed by atoms with Gasteiger partial charge >= 0.3 is 0 Å². The number of nitrogens with zero attached hydrogens (tertiary/aromatic N) is 1. The average Bonchev–Trinajstić information content (AvgIpc) is 2.68. The summed E-state index contributed by atoms with van der Waals surface area (Å²) in [6.07, 6.45) is 5.23. The van der Waals surface area contributed by atoms with E-state index in [1.165, 1.54) is 40.8 Å². The van der Waals surface area contributed by atoms with E-state index in [9.17, 15) is 14.4 Å². The van der Waals surface area contributed by atoms with Gasteiger partial charge in [0.05, 0.1) is 5.56 Å². The van der Waals surface area contributed by atoms with Gasteiger partial charge in [-0.15, -0.1) is 11.3 Å². The molecule has 112 valence electrons. The summed E-state index contributed by atoms with van der Waals surface area (Å²) in [7, 11) is 0. The quantitative estimate of drug-likeness (QED) is 0.841. The SMILES string of the molecule is N#Cc1c(NC(=O)c2cccc(F)c2)sc2c1CCCCC2. The summed E-state index contributed by atoms with van der Waals surface area (Å²) >= 11 is 1.48. The van der Waals surface area contributed by atoms with Crippen molar-refractivity contribution in [2.75, 3.05) is 5.32 Å². The van der Waals surface area contributed by atoms with Crippen LogP contribution in [-0.2, 0) is 12.8 Å². The van der Waals surface area contributed by atoms with Gasteiger partial charge in [0.2, 0.25) is 0 Å². The van der Waals surface area contributed by atoms with Crippen molar-refractivity contribution in [2.45, 2.75) is 32.1 Å². The summed E-state index contributed by atoms with van der Waals surface area (Å²) in [6.45, 7) is 0. The first kappa shape index (κ1) is 14.7. The number of nitrogens with one attached hydrogen (secondary N) is 1. The first-order valence-corrected chi connectivity index (χ1v) is 8.12. The molecule has 1 aliphatic carbocycles. The minimum atomic E-state index is -0.449. The van der Waals surface area contributed by atoms with Gasteiger partial charge in [0, 0.05) is 10.4 Å². The summed E-state index contributed by atoms with van der Waals surface area (Å²) in [5, 5.41) is 12.8. The number of hydrogen-bond donors (Lipinski definition) is 1. The van der Waals surface area contributed by atoms with Crippen LogP contribution in [-0.4, -0.2) is 5.91 Å². The highest BCUT2D eigenvalue weighted by molar-refractivity contribution is 7.16. The molecule has 1 N–H and O–H groups in total. The second kappa shape index (κ2) is 6.29. The van der Waals surface area contributed by atoms with Crippen LogP contribution < -0.4 is 5.32 Å². The van der Waals surface area contributed by atoms with Crippen molar-refractivity contribution >= 4 is 22.2 Å². The molecule has 0 spiro atoms. The zero-order valence-corrected chi connectivity index (χ0v) is 12.8. The zero-order valence-electron chi connectivity index (χ0n) is 12.0. The summed E-state index contributed by atoms with van der Waals surface area (Å²) in [5.74, 6) is -0.831. The van der Waals surface area contributed by atoms with Crippen molar-refractivity contribution in [2.24, 2.45) is 0 Å². The van der Waals surface area contributed by atoms with E-state index in [2.05, 4.69) is 11.4 Å². The Morgan fingerprint density at radius 3 is 2.86 bits per heavy atom. The van der Waals surface area contributed by atoms with Crippen molar-refractivity contribution in [3.8, 4) is 6.07 Å². The maximum atomic E-state index is 13.2. The number of nitriles is 1. The maximum absolute atomic E-state index is 13.2. The molecule has 1 aromatic heterocycles. The minimum Gasteiger partial charge on any atom is -0.312 e. The van der Waals surface area contributed by atoms with E-state index in [4.69, 9.17) is 0 Å². The fourth-order valence-electron chi connectivity index (χ4n) is 2.75. The van der Waals surface area contributed by atoms with Crippen LogP contribution in [0.15, 0.2) is 24.3 Å². The molecule has 0 saturated carbocycles. The average molecular weight is 314 g/mol. The van der Waals surface area contributed by atoms with Crippen LogP contribution in [0.3, 0.4) is 0 Å². The van der Waals surface area contributed by atoms with E-state index < -0.39 is 5.82 Å². The van der Waals surface area contributed by atoms with E-state index in [0.717, 1.165) is 31.2 Å². The number of amides is 1. The van der Waals surface area contributed by atoms with Crippen LogP contribution in [0.1, 0.15) is 45.6 Å². The van der Waals surface area contributed by atoms with Gasteiger partial charge in [0.25, 0.3) is 5.91 Å². The van der Waals surface area contributed by atoms with E-state index in [0.29, 0.717) is 10.6 Å². The molecule has 22 heavy (non-hydrogen) atoms. The molecular formula is C17H15FN2OS. The van der Waals surface area contributed by atoms with Crippen molar-refractivity contribution < 1.29 is 9.18 Å². The van der Waals surface area contributed by atoms with Crippen LogP contribution in [0.4, 0.5) is 9.39 Å². The number of aryl methyl sites for hydroxylation is 1. The third-order valence-corrected chi connectivity index (χ3v) is 5.05. The number of carbonyl (C=O) groups is 1. The van der Waals surface area contributed by atoms with E-state index >= 15 is 0 Å². The van der Waals surface area contributed by atoms with Gasteiger partial charge in [-0.05, 0) is 49.4 Å². The Labute approximate surface area is 132 Å². The molecule has 3 nitrogen and oxygen atoms in total. The molecule has 5 heteroatoms. The zero-order chi connectivity index (χ0) is 15.5. The normalized spacial score (nSPS) is 13.8. The third kappa shape index (κ3) is 2.88. The Balaban J connectivity index is 1.89. The van der Waals surface area contributed by atoms with Crippen molar-refractivity contribution in [3.05, 3.63) is 51.7 Å². The topological polar surface area (TPSA) is 52.9 Å². The van der Waals surface area contributed by atoms with Crippen LogP contribution in [0.25, 0.3) is 0 Å². The predicted octanol–water partition coefficient (Wildman–Crippen LogP) is 4.28. The van der Waals surface area contributed by atoms with E-state index in [1.54, 1.807) is 6.07 Å². The summed E-state index contributed by atoms with van der Waals surface area (Å²) in [6, 6.07) is 7.77. The second-order valence-corrected chi connectivity index (χ2v) is 6.45. The van der Waals surface area contributed by atoms with Gasteiger partial charge < -0.3 is 5.32 Å². The molecule has 0 atom stereocenters. The fraction of sp³-hybridized carbons (Fsp3) is 0.294. The van der Waals surface area contributed by atoms with Crippen LogP contribution in [0.5, 0.6) is 0 Å². The Bertz CT molecular complexity index is 761. The lowest BCUT2D eigenvalue weighted by Gasteiger charge is -2.04. The highest BCUT2D eigenvalue weighted by Crippen LogP contribution is 2.37. The number of halogens is 1. The molecule has 0 fully saturated rings. The lowest BCUT2D eigenvalue weighted by molar-refractivity contribution is 0.102. The largest absolute Gasteiger partial charge is 0.312 e. The molecule has 1 aromatic carbocycles. The number of carbonyl (C=O) groups excluding carboxylic acids is 1. The molecule has 0 radical (unpaired) electrons. The molecule has 1 aliphatic rings. The number of hydrogen-bond acceptors (Lipinski definition) is 3. The highest BCUT2D eigenvalue weighted by Gasteiger charge is 2.21. The van der Waals surface area contributed by atoms with Crippen molar-refractivity contribution in [1.29, 1.82) is 5.26 Å². The lowest BCUT2D eigenvalue weighted by atomic mass is 10.1. The number of fused-ring (bicyclic) bond motifs is 1. The van der Waals surface area contributed by atoms with Gasteiger partial charge in [-0.3, -0.25) is 4.79 Å². The van der Waals surface area contributed by atoms with Gasteiger partial charge in [-0.2, -0.15) is 5.26 Å². The summed E-state index contributed by atoms with van der Waals surface area (Å²) < 4.78 is 13.2. The van der Waals surface area contributed by atoms with Crippen LogP contribution in [0.2, 0.25) is 0 Å². The second-order valence-electron chi connectivity index (χ2n) is 5.34. The Morgan fingerprint density at radius 2 is 2.09 bits per heavy atom. The summed E-state index contributed by atoms with van der Waals surface area (Å²) in [4.78, 5) is 13.4. The van der Waals surface area contributed by atoms with Gasteiger partial charge in [0.1, 0.15) is 16.9 Å². The van der Waals surface area contributed by atoms with Gasteiger partial charge in [-0.25, -0.2) is 4.39 Å². The molecular weight excluding hydrogens is 299 g/mol. The van der Waals surface area contributed by atoms with Gasteiger partial charge in [-0.1, -0.05) is 12.5 Å². The molecule has 1 amide bonds. The number of anilines is 1. The van der Waals surface area contributed by atoms with E-state index in [-0.39, 0.29) is 11.5 Å². The Kier molecular flexibility index (Phi) is 4.21. The van der Waals surface area contributed by atoms with Crippen molar-refractivity contribution in [1.82, 2.24) is 0 Å². The number of thiophene rings is 1. The maximum Gasteiger partial charge on any atom is 0.256 e. The molecule has 0 aliphatic heterocycles. The lowest BCUT2D eigenvalue weighted by Crippen LogP contribution is -2.12. The molecule has 3 rings (SSSR count). The molecule has 0 unspecified atom stereocenters. The van der Waals surface area contributed by atoms with E-state index in [1.807, 2.05) is 0 Å². The molecule has 0 saturated heterocycles. The predicted molar refractivity (Wildman–Crippen MR) is 84.6 cm³/mol. The Morgan fingerprint density at radius 1 is 1.27 bits per heavy atom. The number of benzene rings is 1. The van der Waals surface area contributed by atoms with Crippen LogP contribution in [0, 0.1) is 17.1 Å². The molecule has 1 heterocycles. The first-order chi connectivity index (χ1) is 10.7. The first-order valence-electron chi connectivity index (χ1n) is 7.30. The highest BCUT2D eigenvalue weighted by atomic mass is 32.1. The minimum absolute atomic E-state index is 0.257. The Hall–Kier alpha value is -2.19. The molecule has 0 bridgehead atoms. The standard InChI is InChI=1S/C17H15FN2OS/c18-12-6-4-5-11(9-12)16(21)20-17-14(10-19)13-7-2-1-3-8-15(13)22-17/h4-6,9H,1-3,7-8H2,(H,20,21). The smallest absolute Gasteiger partial charge is 0.256 e. The third-order valence-electron chi connectivity index (χ3n) is 3.85. The molecule has 2 aromatic rings. The van der Waals surface area contributed by atoms with Crippen LogP contribution >= 0.6 is 11.3 Å². The van der Waals surface area contributed by atoms with Crippen molar-refractivity contribution in [3.63, 3.8) is 0 Å². The summed E-state index contributed by atoms with van der Waals surface area (Å²) in [5.41, 5.74) is 1.92.